The van der Waals surface area contributed by atoms with E-state index in [2.05, 4.69) is 10.1 Å². The van der Waals surface area contributed by atoms with Gasteiger partial charge in [-0.2, -0.15) is 10.1 Å². The van der Waals surface area contributed by atoms with Gasteiger partial charge in [0.15, 0.2) is 0 Å². The molecule has 0 fully saturated rings. The Balaban J connectivity index is 2.28. The molecule has 0 aliphatic heterocycles. The van der Waals surface area contributed by atoms with Crippen LogP contribution in [0.4, 0.5) is 8.78 Å². The van der Waals surface area contributed by atoms with Gasteiger partial charge in [-0.15, -0.1) is 0 Å². The average molecular weight is 323 g/mol. The molecule has 1 aromatic heterocycles. The van der Waals surface area contributed by atoms with Gasteiger partial charge in [-0.05, 0) is 30.5 Å². The smallest absolute Gasteiger partial charge is 0.325 e. The number of rotatable bonds is 6. The molecule has 23 heavy (non-hydrogen) atoms. The summed E-state index contributed by atoms with van der Waals surface area (Å²) >= 11 is 0. The van der Waals surface area contributed by atoms with Crippen molar-refractivity contribution < 1.29 is 18.7 Å². The number of carboxylic acid groups (broad SMARTS) is 1. The fraction of sp³-hybridized carbons (Fsp3) is 0.333. The van der Waals surface area contributed by atoms with Crippen molar-refractivity contribution in [2.75, 3.05) is 0 Å². The van der Waals surface area contributed by atoms with Crippen LogP contribution in [0.3, 0.4) is 0 Å². The molecule has 0 aliphatic rings. The van der Waals surface area contributed by atoms with Gasteiger partial charge >= 0.3 is 5.97 Å². The van der Waals surface area contributed by atoms with Gasteiger partial charge in [-0.1, -0.05) is 6.92 Å². The first kappa shape index (κ1) is 16.7. The molecule has 8 heteroatoms. The van der Waals surface area contributed by atoms with E-state index in [0.29, 0.717) is 12.0 Å². The summed E-state index contributed by atoms with van der Waals surface area (Å²) in [7, 11) is 0. The number of benzene rings is 1. The lowest BCUT2D eigenvalue weighted by atomic mass is 10.1. The maximum absolute atomic E-state index is 13.2. The van der Waals surface area contributed by atoms with Gasteiger partial charge in [0.05, 0.1) is 0 Å². The molecule has 0 amide bonds. The number of aliphatic carboxylic acids is 1. The van der Waals surface area contributed by atoms with Crippen LogP contribution in [0.1, 0.15) is 24.0 Å². The zero-order valence-electron chi connectivity index (χ0n) is 12.4. The molecule has 2 rings (SSSR count). The normalized spacial score (nSPS) is 10.7. The van der Waals surface area contributed by atoms with Crippen molar-refractivity contribution in [2.45, 2.75) is 32.7 Å². The Bertz CT molecular complexity index is 770. The van der Waals surface area contributed by atoms with Gasteiger partial charge in [-0.25, -0.2) is 13.5 Å². The van der Waals surface area contributed by atoms with Crippen molar-refractivity contribution in [3.05, 3.63) is 57.3 Å². The van der Waals surface area contributed by atoms with Crippen LogP contribution in [0.15, 0.2) is 23.0 Å². The molecule has 122 valence electrons. The highest BCUT2D eigenvalue weighted by Gasteiger charge is 2.12. The molecule has 0 spiro atoms. The molecule has 0 aliphatic carbocycles. The van der Waals surface area contributed by atoms with Gasteiger partial charge < -0.3 is 5.11 Å². The Labute approximate surface area is 130 Å². The summed E-state index contributed by atoms with van der Waals surface area (Å²) in [6.07, 6.45) is 0.678. The van der Waals surface area contributed by atoms with E-state index in [-0.39, 0.29) is 24.4 Å². The van der Waals surface area contributed by atoms with Crippen molar-refractivity contribution in [2.24, 2.45) is 0 Å². The lowest BCUT2D eigenvalue weighted by molar-refractivity contribution is -0.138. The van der Waals surface area contributed by atoms with Gasteiger partial charge in [0, 0.05) is 12.5 Å². The van der Waals surface area contributed by atoms with E-state index in [4.69, 9.17) is 5.11 Å². The second-order valence-electron chi connectivity index (χ2n) is 4.96. The second-order valence-corrected chi connectivity index (χ2v) is 4.96. The quantitative estimate of drug-likeness (QED) is 0.867. The first-order chi connectivity index (χ1) is 10.9. The molecule has 6 nitrogen and oxygen atoms in total. The monoisotopic (exact) mass is 323 g/mol. The van der Waals surface area contributed by atoms with E-state index in [1.807, 2.05) is 0 Å². The highest BCUT2D eigenvalue weighted by atomic mass is 19.1. The number of aryl methyl sites for hydroxylation is 3. The van der Waals surface area contributed by atoms with Gasteiger partial charge in [-0.3, -0.25) is 9.59 Å². The molecule has 0 bridgehead atoms. The fourth-order valence-electron chi connectivity index (χ4n) is 2.16. The first-order valence-electron chi connectivity index (χ1n) is 7.02. The van der Waals surface area contributed by atoms with Gasteiger partial charge in [0.2, 0.25) is 0 Å². The fourth-order valence-corrected chi connectivity index (χ4v) is 2.16. The number of hydrogen-bond acceptors (Lipinski definition) is 4. The highest BCUT2D eigenvalue weighted by Crippen LogP contribution is 2.10. The SMILES string of the molecule is CCc1nn(CC(=O)O)c(CCc2cc(F)cc(F)c2)nc1=O. The molecule has 0 unspecified atom stereocenters. The largest absolute Gasteiger partial charge is 0.480 e. The lowest BCUT2D eigenvalue weighted by Gasteiger charge is -2.10. The standard InChI is InChI=1S/C15H15F2N3O3/c1-2-12-15(23)18-13(20(19-12)8-14(21)22)4-3-9-5-10(16)7-11(17)6-9/h5-7H,2-4,8H2,1H3,(H,21,22). The number of aromatic nitrogens is 3. The summed E-state index contributed by atoms with van der Waals surface area (Å²) in [5.74, 6) is -2.35. The maximum atomic E-state index is 13.2. The van der Waals surface area contributed by atoms with Crippen molar-refractivity contribution in [3.8, 4) is 0 Å². The van der Waals surface area contributed by atoms with Crippen LogP contribution in [0.5, 0.6) is 0 Å². The van der Waals surface area contributed by atoms with Crippen LogP contribution in [0.25, 0.3) is 0 Å². The van der Waals surface area contributed by atoms with Crippen molar-refractivity contribution >= 4 is 5.97 Å². The van der Waals surface area contributed by atoms with Gasteiger partial charge in [0.25, 0.3) is 5.56 Å². The Hall–Kier alpha value is -2.64. The summed E-state index contributed by atoms with van der Waals surface area (Å²) in [6, 6.07) is 3.12. The molecule has 0 saturated heterocycles. The molecular weight excluding hydrogens is 308 g/mol. The third-order valence-corrected chi connectivity index (χ3v) is 3.20. The van der Waals surface area contributed by atoms with E-state index in [1.165, 1.54) is 12.1 Å². The third kappa shape index (κ3) is 4.41. The Morgan fingerprint density at radius 3 is 2.43 bits per heavy atom. The zero-order valence-corrected chi connectivity index (χ0v) is 12.4. The third-order valence-electron chi connectivity index (χ3n) is 3.20. The van der Waals surface area contributed by atoms with E-state index in [0.717, 1.165) is 10.7 Å². The number of carbonyl (C=O) groups is 1. The Morgan fingerprint density at radius 1 is 1.22 bits per heavy atom. The molecular formula is C15H15F2N3O3. The molecule has 2 aromatic rings. The number of hydrogen-bond donors (Lipinski definition) is 1. The highest BCUT2D eigenvalue weighted by molar-refractivity contribution is 5.66. The molecule has 0 atom stereocenters. The predicted molar refractivity (Wildman–Crippen MR) is 77.1 cm³/mol. The predicted octanol–water partition coefficient (Wildman–Crippen LogP) is 1.35. The number of carboxylic acids is 1. The van der Waals surface area contributed by atoms with Crippen LogP contribution < -0.4 is 5.56 Å². The van der Waals surface area contributed by atoms with E-state index < -0.39 is 29.7 Å². The molecule has 0 saturated carbocycles. The summed E-state index contributed by atoms with van der Waals surface area (Å²) in [6.45, 7) is 1.28. The molecule has 1 N–H and O–H groups in total. The van der Waals surface area contributed by atoms with Crippen LogP contribution in [-0.2, 0) is 30.6 Å². The topological polar surface area (TPSA) is 85.1 Å². The second kappa shape index (κ2) is 7.08. The van der Waals surface area contributed by atoms with Gasteiger partial charge in [0.1, 0.15) is 29.7 Å². The molecule has 1 heterocycles. The number of halogens is 2. The minimum absolute atomic E-state index is 0.141. The average Bonchev–Trinajstić information content (AvgIpc) is 2.45. The van der Waals surface area contributed by atoms with Crippen LogP contribution in [0.2, 0.25) is 0 Å². The van der Waals surface area contributed by atoms with Crippen LogP contribution >= 0.6 is 0 Å². The lowest BCUT2D eigenvalue weighted by Crippen LogP contribution is -2.27. The first-order valence-corrected chi connectivity index (χ1v) is 7.02. The van der Waals surface area contributed by atoms with Crippen molar-refractivity contribution in [1.82, 2.24) is 14.8 Å². The summed E-state index contributed by atoms with van der Waals surface area (Å²) < 4.78 is 27.5. The van der Waals surface area contributed by atoms with E-state index >= 15 is 0 Å². The Kier molecular flexibility index (Phi) is 5.15. The maximum Gasteiger partial charge on any atom is 0.325 e. The number of nitrogens with zero attached hydrogens (tertiary/aromatic N) is 3. The molecule has 0 radical (unpaired) electrons. The summed E-state index contributed by atoms with van der Waals surface area (Å²) in [5.41, 5.74) is 0.0413. The Morgan fingerprint density at radius 2 is 1.87 bits per heavy atom. The van der Waals surface area contributed by atoms with Crippen LogP contribution in [-0.4, -0.2) is 25.8 Å². The van der Waals surface area contributed by atoms with Crippen molar-refractivity contribution in [3.63, 3.8) is 0 Å². The van der Waals surface area contributed by atoms with Crippen molar-refractivity contribution in [1.29, 1.82) is 0 Å². The summed E-state index contributed by atoms with van der Waals surface area (Å²) in [4.78, 5) is 26.5. The molecule has 1 aromatic carbocycles. The minimum Gasteiger partial charge on any atom is -0.480 e. The minimum atomic E-state index is -1.12. The van der Waals surface area contributed by atoms with E-state index in [9.17, 15) is 18.4 Å². The van der Waals surface area contributed by atoms with E-state index in [1.54, 1.807) is 6.92 Å². The van der Waals surface area contributed by atoms with Crippen LogP contribution in [0, 0.1) is 11.6 Å². The summed E-state index contributed by atoms with van der Waals surface area (Å²) in [5, 5.41) is 12.9. The zero-order chi connectivity index (χ0) is 17.0.